The van der Waals surface area contributed by atoms with Crippen molar-refractivity contribution in [2.24, 2.45) is 0 Å². The lowest BCUT2D eigenvalue weighted by Gasteiger charge is -2.35. The van der Waals surface area contributed by atoms with Gasteiger partial charge in [0.25, 0.3) is 0 Å². The predicted octanol–water partition coefficient (Wildman–Crippen LogP) is -0.351. The molecule has 2 aliphatic rings. The van der Waals surface area contributed by atoms with Crippen molar-refractivity contribution in [3.63, 3.8) is 0 Å². The van der Waals surface area contributed by atoms with Crippen LogP contribution in [0.25, 0.3) is 0 Å². The van der Waals surface area contributed by atoms with Gasteiger partial charge in [0.1, 0.15) is 0 Å². The number of carbonyl (C=O) groups is 1. The Labute approximate surface area is 109 Å². The summed E-state index contributed by atoms with van der Waals surface area (Å²) in [6.45, 7) is 12.1. The molecule has 0 unspecified atom stereocenters. The zero-order valence-electron chi connectivity index (χ0n) is 11.0. The fraction of sp³-hybridized carbons (Fsp3) is 0.769. The fourth-order valence-corrected chi connectivity index (χ4v) is 2.42. The highest BCUT2D eigenvalue weighted by molar-refractivity contribution is 5.78. The summed E-state index contributed by atoms with van der Waals surface area (Å²) in [5.41, 5.74) is 0. The van der Waals surface area contributed by atoms with E-state index in [4.69, 9.17) is 4.74 Å². The first-order valence-corrected chi connectivity index (χ1v) is 6.70. The van der Waals surface area contributed by atoms with Crippen LogP contribution >= 0.6 is 0 Å². The number of amides is 1. The summed E-state index contributed by atoms with van der Waals surface area (Å²) in [5.74, 6) is 0.246. The molecule has 0 radical (unpaired) electrons. The van der Waals surface area contributed by atoms with E-state index < -0.39 is 0 Å². The molecule has 2 heterocycles. The zero-order valence-corrected chi connectivity index (χ0v) is 11.0. The molecule has 0 saturated carbocycles. The summed E-state index contributed by atoms with van der Waals surface area (Å²) in [4.78, 5) is 18.6. The number of morpholine rings is 1. The van der Waals surface area contributed by atoms with E-state index >= 15 is 0 Å². The molecule has 1 amide bonds. The van der Waals surface area contributed by atoms with E-state index in [2.05, 4.69) is 16.4 Å². The number of carbonyl (C=O) groups excluding carboxylic acids is 1. The Bertz CT molecular complexity index is 282. The number of hydrogen-bond acceptors (Lipinski definition) is 4. The molecule has 18 heavy (non-hydrogen) atoms. The Morgan fingerprint density at radius 1 is 1.06 bits per heavy atom. The van der Waals surface area contributed by atoms with Crippen molar-refractivity contribution in [2.45, 2.75) is 0 Å². The van der Waals surface area contributed by atoms with Crippen molar-refractivity contribution in [3.8, 4) is 0 Å². The van der Waals surface area contributed by atoms with Crippen molar-refractivity contribution in [3.05, 3.63) is 12.7 Å². The van der Waals surface area contributed by atoms with Crippen molar-refractivity contribution >= 4 is 5.91 Å². The van der Waals surface area contributed by atoms with E-state index in [9.17, 15) is 4.79 Å². The summed E-state index contributed by atoms with van der Waals surface area (Å²) in [7, 11) is 0. The number of piperazine rings is 1. The van der Waals surface area contributed by atoms with Gasteiger partial charge in [0.15, 0.2) is 0 Å². The average molecular weight is 253 g/mol. The smallest absolute Gasteiger partial charge is 0.236 e. The molecule has 0 N–H and O–H groups in total. The summed E-state index contributed by atoms with van der Waals surface area (Å²) in [5, 5.41) is 0. The highest BCUT2D eigenvalue weighted by Gasteiger charge is 2.22. The van der Waals surface area contributed by atoms with Gasteiger partial charge in [-0.15, -0.1) is 6.58 Å². The average Bonchev–Trinajstić information content (AvgIpc) is 2.42. The molecule has 2 rings (SSSR count). The highest BCUT2D eigenvalue weighted by atomic mass is 16.5. The van der Waals surface area contributed by atoms with Crippen LogP contribution in [0, 0.1) is 0 Å². The fourth-order valence-electron chi connectivity index (χ4n) is 2.42. The van der Waals surface area contributed by atoms with E-state index in [1.807, 2.05) is 11.0 Å². The van der Waals surface area contributed by atoms with Gasteiger partial charge in [-0.2, -0.15) is 0 Å². The second-order valence-corrected chi connectivity index (χ2v) is 4.86. The van der Waals surface area contributed by atoms with Crippen LogP contribution in [0.2, 0.25) is 0 Å². The van der Waals surface area contributed by atoms with Gasteiger partial charge >= 0.3 is 0 Å². The van der Waals surface area contributed by atoms with E-state index in [1.165, 1.54) is 0 Å². The molecule has 0 aromatic rings. The molecule has 2 aliphatic heterocycles. The molecule has 5 nitrogen and oxygen atoms in total. The maximum absolute atomic E-state index is 12.1. The zero-order chi connectivity index (χ0) is 12.8. The predicted molar refractivity (Wildman–Crippen MR) is 70.5 cm³/mol. The van der Waals surface area contributed by atoms with Crippen LogP contribution < -0.4 is 0 Å². The normalized spacial score (nSPS) is 23.0. The van der Waals surface area contributed by atoms with E-state index in [0.717, 1.165) is 45.8 Å². The number of ether oxygens (including phenoxy) is 1. The van der Waals surface area contributed by atoms with Gasteiger partial charge in [-0.1, -0.05) is 6.08 Å². The Hall–Kier alpha value is -0.910. The number of hydrogen-bond donors (Lipinski definition) is 0. The van der Waals surface area contributed by atoms with Crippen LogP contribution in [0.4, 0.5) is 0 Å². The third-order valence-corrected chi connectivity index (χ3v) is 3.57. The lowest BCUT2D eigenvalue weighted by Crippen LogP contribution is -2.51. The Morgan fingerprint density at radius 3 is 2.28 bits per heavy atom. The third kappa shape index (κ3) is 3.80. The molecule has 0 atom stereocenters. The van der Waals surface area contributed by atoms with Gasteiger partial charge in [-0.05, 0) is 0 Å². The van der Waals surface area contributed by atoms with Gasteiger partial charge in [0.05, 0.1) is 19.8 Å². The van der Waals surface area contributed by atoms with E-state index in [1.54, 1.807) is 0 Å². The molecule has 0 spiro atoms. The van der Waals surface area contributed by atoms with Crippen molar-refractivity contribution in [2.75, 3.05) is 65.6 Å². The minimum atomic E-state index is 0.246. The minimum absolute atomic E-state index is 0.246. The van der Waals surface area contributed by atoms with Gasteiger partial charge in [-0.25, -0.2) is 0 Å². The van der Waals surface area contributed by atoms with Crippen molar-refractivity contribution in [1.82, 2.24) is 14.7 Å². The summed E-state index contributed by atoms with van der Waals surface area (Å²) >= 11 is 0. The first-order valence-electron chi connectivity index (χ1n) is 6.70. The molecular weight excluding hydrogens is 230 g/mol. The molecule has 0 aliphatic carbocycles. The van der Waals surface area contributed by atoms with Gasteiger partial charge in [0.2, 0.25) is 5.91 Å². The highest BCUT2D eigenvalue weighted by Crippen LogP contribution is 2.04. The van der Waals surface area contributed by atoms with Crippen LogP contribution in [0.15, 0.2) is 12.7 Å². The molecule has 0 bridgehead atoms. The summed E-state index contributed by atoms with van der Waals surface area (Å²) in [6.07, 6.45) is 1.94. The van der Waals surface area contributed by atoms with E-state index in [0.29, 0.717) is 19.8 Å². The molecular formula is C13H23N3O2. The van der Waals surface area contributed by atoms with Crippen LogP contribution in [0.5, 0.6) is 0 Å². The Morgan fingerprint density at radius 2 is 1.67 bits per heavy atom. The van der Waals surface area contributed by atoms with Crippen LogP contribution in [0.1, 0.15) is 0 Å². The maximum Gasteiger partial charge on any atom is 0.236 e. The maximum atomic E-state index is 12.1. The van der Waals surface area contributed by atoms with Crippen molar-refractivity contribution in [1.29, 1.82) is 0 Å². The van der Waals surface area contributed by atoms with E-state index in [-0.39, 0.29) is 5.91 Å². The molecule has 5 heteroatoms. The van der Waals surface area contributed by atoms with Crippen molar-refractivity contribution < 1.29 is 9.53 Å². The van der Waals surface area contributed by atoms with Crippen LogP contribution in [-0.4, -0.2) is 86.2 Å². The second-order valence-electron chi connectivity index (χ2n) is 4.86. The quantitative estimate of drug-likeness (QED) is 0.642. The molecule has 0 aromatic carbocycles. The number of rotatable bonds is 4. The monoisotopic (exact) mass is 253 g/mol. The Balaban J connectivity index is 1.70. The first-order chi connectivity index (χ1) is 8.79. The van der Waals surface area contributed by atoms with Crippen LogP contribution in [0.3, 0.4) is 0 Å². The Kier molecular flexibility index (Phi) is 5.16. The largest absolute Gasteiger partial charge is 0.378 e. The van der Waals surface area contributed by atoms with Gasteiger partial charge < -0.3 is 9.64 Å². The first kappa shape index (κ1) is 13.5. The standard InChI is InChI=1S/C13H23N3O2/c1-2-3-14-4-6-15(7-5-14)12-13(17)16-8-10-18-11-9-16/h2H,1,3-12H2. The number of nitrogens with zero attached hydrogens (tertiary/aromatic N) is 3. The summed E-state index contributed by atoms with van der Waals surface area (Å²) < 4.78 is 5.26. The van der Waals surface area contributed by atoms with Gasteiger partial charge in [-0.3, -0.25) is 14.6 Å². The molecule has 2 saturated heterocycles. The third-order valence-electron chi connectivity index (χ3n) is 3.57. The SMILES string of the molecule is C=CCN1CCN(CC(=O)N2CCOCC2)CC1. The topological polar surface area (TPSA) is 36.0 Å². The van der Waals surface area contributed by atoms with Gasteiger partial charge in [0, 0.05) is 45.8 Å². The molecule has 102 valence electrons. The lowest BCUT2D eigenvalue weighted by atomic mass is 10.3. The second kappa shape index (κ2) is 6.87. The van der Waals surface area contributed by atoms with Crippen LogP contribution in [-0.2, 0) is 9.53 Å². The lowest BCUT2D eigenvalue weighted by molar-refractivity contribution is -0.136. The summed E-state index contributed by atoms with van der Waals surface area (Å²) in [6, 6.07) is 0. The molecule has 2 fully saturated rings. The molecule has 0 aromatic heterocycles. The minimum Gasteiger partial charge on any atom is -0.378 e.